The Balaban J connectivity index is 0.000000154. The van der Waals surface area contributed by atoms with Gasteiger partial charge in [0.15, 0.2) is 0 Å². The predicted molar refractivity (Wildman–Crippen MR) is 256 cm³/mol. The number of amides is 2. The smallest absolute Gasteiger partial charge is 0.321 e. The van der Waals surface area contributed by atoms with Gasteiger partial charge in [0, 0.05) is 61.9 Å². The Bertz CT molecular complexity index is 2550. The summed E-state index contributed by atoms with van der Waals surface area (Å²) in [5, 5.41) is 15.3. The van der Waals surface area contributed by atoms with Crippen molar-refractivity contribution < 1.29 is 31.5 Å². The van der Waals surface area contributed by atoms with Crippen LogP contribution in [0, 0.1) is 11.8 Å². The number of para-hydroxylation sites is 2. The number of carbonyl (C=O) groups excluding carboxylic acids is 2. The van der Waals surface area contributed by atoms with E-state index in [-0.39, 0.29) is 43.1 Å². The Kier molecular flexibility index (Phi) is 17.0. The molecule has 2 fully saturated rings. The lowest BCUT2D eigenvalue weighted by Crippen LogP contribution is -2.22. The highest BCUT2D eigenvalue weighted by atomic mass is 35.5. The Morgan fingerprint density at radius 3 is 1.47 bits per heavy atom. The molecule has 2 aliphatic carbocycles. The number of nitrogens with zero attached hydrogens (tertiary/aromatic N) is 8. The fraction of sp³-hybridized carbons (Fsp3) is 0.423. The van der Waals surface area contributed by atoms with Crippen molar-refractivity contribution in [3.05, 3.63) is 154 Å². The van der Waals surface area contributed by atoms with Crippen molar-refractivity contribution in [1.82, 2.24) is 29.5 Å². The zero-order valence-electron chi connectivity index (χ0n) is 38.2. The van der Waals surface area contributed by atoms with E-state index < -0.39 is 28.9 Å². The summed E-state index contributed by atoms with van der Waals surface area (Å²) in [5.41, 5.74) is 1.61. The first kappa shape index (κ1) is 51.4. The zero-order valence-corrected chi connectivity index (χ0v) is 39.0. The molecule has 10 nitrogen and oxygen atoms in total. The predicted octanol–water partition coefficient (Wildman–Crippen LogP) is 12.9. The van der Waals surface area contributed by atoms with Gasteiger partial charge >= 0.3 is 6.18 Å². The van der Waals surface area contributed by atoms with Crippen LogP contribution in [0.25, 0.3) is 0 Å². The maximum absolute atomic E-state index is 13.6. The van der Waals surface area contributed by atoms with Crippen LogP contribution in [-0.4, -0.2) is 41.3 Å². The lowest BCUT2D eigenvalue weighted by Gasteiger charge is -2.17. The summed E-state index contributed by atoms with van der Waals surface area (Å²) in [6, 6.07) is 24.8. The third kappa shape index (κ3) is 12.4. The second-order valence-electron chi connectivity index (χ2n) is 17.8. The van der Waals surface area contributed by atoms with Crippen molar-refractivity contribution >= 4 is 34.8 Å². The zero-order chi connectivity index (χ0) is 47.9. The van der Waals surface area contributed by atoms with Crippen molar-refractivity contribution in [3.63, 3.8) is 0 Å². The standard InChI is InChI=1S/C17H13ClF3NO.C16H13F2NO.2C9H15N3.CH4/c1-10(18)11-7-13-14(15(8-11)17(19,20)21)9-22(16(13)23)12-5-3-2-4-6-12;1-16(17,18)14-9-5-8-12-13(14)10-19(15(12)20)11-6-3-2-4-7-11;2*1-12-7-10-11-9(12)6-8-4-2-3-5-8;/h2-8,10H,9H2,1H3;2-9H,10H2,1H3;2*7-8H,2-6H2,1H3;1H4. The van der Waals surface area contributed by atoms with E-state index in [4.69, 9.17) is 11.6 Å². The normalized spacial score (nSPS) is 16.2. The second kappa shape index (κ2) is 22.4. The molecule has 68 heavy (non-hydrogen) atoms. The van der Waals surface area contributed by atoms with Gasteiger partial charge in [-0.05, 0) is 77.9 Å². The van der Waals surface area contributed by atoms with Gasteiger partial charge in [0.1, 0.15) is 24.3 Å². The third-order valence-electron chi connectivity index (χ3n) is 12.9. The molecule has 0 bridgehead atoms. The summed E-state index contributed by atoms with van der Waals surface area (Å²) in [5.74, 6) is 0.413. The molecule has 2 aromatic heterocycles. The molecule has 0 saturated heterocycles. The van der Waals surface area contributed by atoms with Gasteiger partial charge in [-0.25, -0.2) is 8.78 Å². The molecule has 2 aliphatic heterocycles. The monoisotopic (exact) mass is 958 g/mol. The number of anilines is 2. The first-order valence-corrected chi connectivity index (χ1v) is 23.2. The van der Waals surface area contributed by atoms with Crippen molar-refractivity contribution in [2.75, 3.05) is 9.80 Å². The molecule has 1 unspecified atom stereocenters. The van der Waals surface area contributed by atoms with Gasteiger partial charge in [0.2, 0.25) is 0 Å². The molecule has 0 N–H and O–H groups in total. The Hall–Kier alpha value is -5.96. The van der Waals surface area contributed by atoms with Crippen LogP contribution in [0.15, 0.2) is 104 Å². The van der Waals surface area contributed by atoms with Gasteiger partial charge in [-0.3, -0.25) is 9.59 Å². The first-order valence-electron chi connectivity index (χ1n) is 22.8. The fourth-order valence-corrected chi connectivity index (χ4v) is 9.35. The Labute approximate surface area is 400 Å². The van der Waals surface area contributed by atoms with E-state index in [0.29, 0.717) is 22.4 Å². The van der Waals surface area contributed by atoms with Gasteiger partial charge in [0.25, 0.3) is 17.7 Å². The summed E-state index contributed by atoms with van der Waals surface area (Å²) in [6.07, 6.45) is 12.4. The molecule has 4 aliphatic rings. The molecule has 2 saturated carbocycles. The second-order valence-corrected chi connectivity index (χ2v) is 18.5. The number of hydrogen-bond acceptors (Lipinski definition) is 6. The number of fused-ring (bicyclic) bond motifs is 2. The molecule has 0 spiro atoms. The topological polar surface area (TPSA) is 102 Å². The highest BCUT2D eigenvalue weighted by molar-refractivity contribution is 6.20. The van der Waals surface area contributed by atoms with E-state index in [9.17, 15) is 31.5 Å². The van der Waals surface area contributed by atoms with Crippen molar-refractivity contribution in [3.8, 4) is 0 Å². The fourth-order valence-electron chi connectivity index (χ4n) is 9.22. The molecular formula is C52H60ClF5N8O2. The van der Waals surface area contributed by atoms with Gasteiger partial charge in [-0.2, -0.15) is 13.2 Å². The van der Waals surface area contributed by atoms with E-state index in [2.05, 4.69) is 20.4 Å². The minimum absolute atomic E-state index is 0. The van der Waals surface area contributed by atoms with Gasteiger partial charge in [-0.15, -0.1) is 32.0 Å². The van der Waals surface area contributed by atoms with E-state index in [1.807, 2.05) is 41.4 Å². The molecule has 6 aromatic rings. The molecule has 0 radical (unpaired) electrons. The molecule has 1 atom stereocenters. The summed E-state index contributed by atoms with van der Waals surface area (Å²) >= 11 is 5.94. The summed E-state index contributed by atoms with van der Waals surface area (Å²) in [6.45, 7) is 2.54. The third-order valence-corrected chi connectivity index (χ3v) is 13.2. The maximum Gasteiger partial charge on any atom is 0.416 e. The van der Waals surface area contributed by atoms with Crippen LogP contribution in [0.4, 0.5) is 33.3 Å². The van der Waals surface area contributed by atoms with E-state index in [1.54, 1.807) is 68.1 Å². The number of rotatable bonds is 8. The molecule has 4 heterocycles. The van der Waals surface area contributed by atoms with Gasteiger partial charge in [0.05, 0.1) is 24.0 Å². The van der Waals surface area contributed by atoms with Crippen LogP contribution < -0.4 is 9.80 Å². The maximum atomic E-state index is 13.6. The molecule has 362 valence electrons. The van der Waals surface area contributed by atoms with Crippen LogP contribution in [0.3, 0.4) is 0 Å². The van der Waals surface area contributed by atoms with E-state index >= 15 is 0 Å². The summed E-state index contributed by atoms with van der Waals surface area (Å²) in [7, 11) is 4.04. The average molecular weight is 960 g/mol. The quantitative estimate of drug-likeness (QED) is 0.111. The van der Waals surface area contributed by atoms with E-state index in [1.165, 1.54) is 79.4 Å². The minimum Gasteiger partial charge on any atom is -0.321 e. The molecule has 4 aromatic carbocycles. The number of aryl methyl sites for hydroxylation is 2. The van der Waals surface area contributed by atoms with Crippen molar-refractivity contribution in [2.24, 2.45) is 25.9 Å². The SMILES string of the molecule is C.CC(Cl)c1cc2c(c(C(F)(F)F)c1)CN(c1ccccc1)C2=O.CC(F)(F)c1cccc2c1CN(c1ccccc1)C2=O.Cn1cnnc1CC1CCCC1.Cn1cnnc1CC1CCCC1. The van der Waals surface area contributed by atoms with Crippen molar-refractivity contribution in [2.45, 2.75) is 116 Å². The van der Waals surface area contributed by atoms with Gasteiger partial charge < -0.3 is 18.9 Å². The molecular weight excluding hydrogens is 899 g/mol. The van der Waals surface area contributed by atoms with Crippen LogP contribution >= 0.6 is 11.6 Å². The number of aromatic nitrogens is 6. The van der Waals surface area contributed by atoms with Crippen molar-refractivity contribution in [1.29, 1.82) is 0 Å². The molecule has 16 heteroatoms. The molecule has 2 amide bonds. The highest BCUT2D eigenvalue weighted by Gasteiger charge is 2.41. The average Bonchev–Trinajstić information content (AvgIpc) is 4.19. The number of benzene rings is 4. The number of hydrogen-bond donors (Lipinski definition) is 0. The Morgan fingerprint density at radius 1 is 0.632 bits per heavy atom. The van der Waals surface area contributed by atoms with Crippen LogP contribution in [-0.2, 0) is 52.1 Å². The van der Waals surface area contributed by atoms with E-state index in [0.717, 1.165) is 55.0 Å². The first-order chi connectivity index (χ1) is 32.0. The lowest BCUT2D eigenvalue weighted by atomic mass is 9.97. The summed E-state index contributed by atoms with van der Waals surface area (Å²) in [4.78, 5) is 27.8. The Morgan fingerprint density at radius 2 is 1.07 bits per heavy atom. The van der Waals surface area contributed by atoms with Gasteiger partial charge in [-0.1, -0.05) is 107 Å². The number of carbonyl (C=O) groups is 2. The van der Waals surface area contributed by atoms with Crippen LogP contribution in [0.1, 0.15) is 138 Å². The number of alkyl halides is 6. The molecule has 10 rings (SSSR count). The van der Waals surface area contributed by atoms with Crippen LogP contribution in [0.5, 0.6) is 0 Å². The largest absolute Gasteiger partial charge is 0.416 e. The summed E-state index contributed by atoms with van der Waals surface area (Å²) < 4.78 is 71.4. The highest BCUT2D eigenvalue weighted by Crippen LogP contribution is 2.41. The lowest BCUT2D eigenvalue weighted by molar-refractivity contribution is -0.138. The number of halogens is 6. The minimum atomic E-state index is -4.53. The van der Waals surface area contributed by atoms with Crippen LogP contribution in [0.2, 0.25) is 0 Å².